The summed E-state index contributed by atoms with van der Waals surface area (Å²) >= 11 is 0. The molecule has 1 heterocycles. The number of rotatable bonds is 5. The van der Waals surface area contributed by atoms with E-state index in [1.807, 2.05) is 39.0 Å². The summed E-state index contributed by atoms with van der Waals surface area (Å²) in [5.74, 6) is 0.419. The number of amides is 1. The fourth-order valence-corrected chi connectivity index (χ4v) is 2.48. The summed E-state index contributed by atoms with van der Waals surface area (Å²) in [4.78, 5) is 12.5. The molecule has 0 aliphatic rings. The maximum Gasteiger partial charge on any atom is 0.276 e. The van der Waals surface area contributed by atoms with Crippen LogP contribution in [0.5, 0.6) is 0 Å². The van der Waals surface area contributed by atoms with Crippen LogP contribution in [0.1, 0.15) is 56.2 Å². The van der Waals surface area contributed by atoms with Crippen LogP contribution < -0.4 is 10.6 Å². The van der Waals surface area contributed by atoms with Gasteiger partial charge in [0.2, 0.25) is 0 Å². The number of benzene rings is 1. The van der Waals surface area contributed by atoms with Crippen molar-refractivity contribution in [2.45, 2.75) is 53.0 Å². The normalized spacial score (nSPS) is 11.2. The fraction of sp³-hybridized carbons (Fsp3) is 0.421. The smallest absolute Gasteiger partial charge is 0.276 e. The lowest BCUT2D eigenvalue weighted by Gasteiger charge is -2.20. The van der Waals surface area contributed by atoms with Gasteiger partial charge in [0.15, 0.2) is 5.69 Å². The SMILES string of the molecule is CCc1cccc(CC)c1NC(=O)c1ccc(NC(C)(C)C)nn1. The summed E-state index contributed by atoms with van der Waals surface area (Å²) in [6.45, 7) is 10.3. The standard InChI is InChI=1S/C19H26N4O/c1-6-13-9-8-10-14(7-2)17(13)20-18(24)15-11-12-16(23-22-15)21-19(3,4)5/h8-12H,6-7H2,1-5H3,(H,20,24)(H,21,23). The van der Waals surface area contributed by atoms with Gasteiger partial charge in [0.25, 0.3) is 5.91 Å². The average Bonchev–Trinajstić information content (AvgIpc) is 2.54. The van der Waals surface area contributed by atoms with E-state index in [0.29, 0.717) is 11.5 Å². The highest BCUT2D eigenvalue weighted by Gasteiger charge is 2.15. The molecule has 1 aromatic heterocycles. The first-order chi connectivity index (χ1) is 11.3. The number of hydrogen-bond donors (Lipinski definition) is 2. The summed E-state index contributed by atoms with van der Waals surface area (Å²) in [5.41, 5.74) is 3.35. The molecule has 0 radical (unpaired) electrons. The van der Waals surface area contributed by atoms with Gasteiger partial charge < -0.3 is 10.6 Å². The molecule has 1 aromatic carbocycles. The molecule has 1 amide bonds. The van der Waals surface area contributed by atoms with Crippen molar-refractivity contribution in [3.8, 4) is 0 Å². The Morgan fingerprint density at radius 1 is 1.00 bits per heavy atom. The van der Waals surface area contributed by atoms with Gasteiger partial charge >= 0.3 is 0 Å². The highest BCUT2D eigenvalue weighted by Crippen LogP contribution is 2.23. The van der Waals surface area contributed by atoms with Crippen LogP contribution in [0.15, 0.2) is 30.3 Å². The van der Waals surface area contributed by atoms with E-state index in [4.69, 9.17) is 0 Å². The lowest BCUT2D eigenvalue weighted by molar-refractivity contribution is 0.102. The maximum atomic E-state index is 12.5. The second-order valence-electron chi connectivity index (χ2n) is 6.79. The average molecular weight is 326 g/mol. The molecule has 0 saturated carbocycles. The molecule has 0 bridgehead atoms. The molecule has 0 atom stereocenters. The van der Waals surface area contributed by atoms with Gasteiger partial charge in [-0.25, -0.2) is 0 Å². The largest absolute Gasteiger partial charge is 0.364 e. The molecular formula is C19H26N4O. The first-order valence-corrected chi connectivity index (χ1v) is 8.38. The Morgan fingerprint density at radius 2 is 1.62 bits per heavy atom. The van der Waals surface area contributed by atoms with E-state index in [2.05, 4.69) is 34.7 Å². The summed E-state index contributed by atoms with van der Waals surface area (Å²) < 4.78 is 0. The van der Waals surface area contributed by atoms with Crippen LogP contribution in [0.4, 0.5) is 11.5 Å². The lowest BCUT2D eigenvalue weighted by atomic mass is 10.0. The lowest BCUT2D eigenvalue weighted by Crippen LogP contribution is -2.27. The topological polar surface area (TPSA) is 66.9 Å². The van der Waals surface area contributed by atoms with Crippen LogP contribution >= 0.6 is 0 Å². The molecule has 0 spiro atoms. The minimum Gasteiger partial charge on any atom is -0.364 e. The van der Waals surface area contributed by atoms with Crippen LogP contribution in [0.3, 0.4) is 0 Å². The maximum absolute atomic E-state index is 12.5. The van der Waals surface area contributed by atoms with Gasteiger partial charge in [0.1, 0.15) is 5.82 Å². The number of nitrogens with one attached hydrogen (secondary N) is 2. The second-order valence-corrected chi connectivity index (χ2v) is 6.79. The van der Waals surface area contributed by atoms with Gasteiger partial charge in [-0.2, -0.15) is 0 Å². The van der Waals surface area contributed by atoms with Gasteiger partial charge in [-0.3, -0.25) is 4.79 Å². The van der Waals surface area contributed by atoms with Gasteiger partial charge in [-0.15, -0.1) is 10.2 Å². The van der Waals surface area contributed by atoms with Crippen molar-refractivity contribution in [3.63, 3.8) is 0 Å². The zero-order valence-electron chi connectivity index (χ0n) is 15.1. The second kappa shape index (κ2) is 7.43. The number of hydrogen-bond acceptors (Lipinski definition) is 4. The van der Waals surface area contributed by atoms with Crippen molar-refractivity contribution < 1.29 is 4.79 Å². The summed E-state index contributed by atoms with van der Waals surface area (Å²) in [5, 5.41) is 14.4. The Morgan fingerprint density at radius 3 is 2.08 bits per heavy atom. The van der Waals surface area contributed by atoms with Crippen LogP contribution in [-0.2, 0) is 12.8 Å². The van der Waals surface area contributed by atoms with Crippen LogP contribution in [0.2, 0.25) is 0 Å². The minimum atomic E-state index is -0.236. The third kappa shape index (κ3) is 4.54. The van der Waals surface area contributed by atoms with Crippen LogP contribution in [0, 0.1) is 0 Å². The Balaban J connectivity index is 2.19. The van der Waals surface area contributed by atoms with Gasteiger partial charge in [0.05, 0.1) is 0 Å². The van der Waals surface area contributed by atoms with E-state index in [-0.39, 0.29) is 11.4 Å². The number of aromatic nitrogens is 2. The zero-order chi connectivity index (χ0) is 17.7. The van der Waals surface area contributed by atoms with Crippen molar-refractivity contribution in [2.24, 2.45) is 0 Å². The summed E-state index contributed by atoms with van der Waals surface area (Å²) in [6.07, 6.45) is 1.73. The molecule has 5 heteroatoms. The van der Waals surface area contributed by atoms with Crippen molar-refractivity contribution in [1.82, 2.24) is 10.2 Å². The van der Waals surface area contributed by atoms with E-state index in [9.17, 15) is 4.79 Å². The molecule has 128 valence electrons. The Labute approximate surface area is 143 Å². The first kappa shape index (κ1) is 17.9. The Kier molecular flexibility index (Phi) is 5.54. The van der Waals surface area contributed by atoms with Crippen molar-refractivity contribution >= 4 is 17.4 Å². The van der Waals surface area contributed by atoms with E-state index < -0.39 is 0 Å². The number of carbonyl (C=O) groups excluding carboxylic acids is 1. The number of anilines is 2. The monoisotopic (exact) mass is 326 g/mol. The van der Waals surface area contributed by atoms with Gasteiger partial charge in [0, 0.05) is 11.2 Å². The summed E-state index contributed by atoms with van der Waals surface area (Å²) in [7, 11) is 0. The quantitative estimate of drug-likeness (QED) is 0.869. The number of aryl methyl sites for hydroxylation is 2. The van der Waals surface area contributed by atoms with Crippen molar-refractivity contribution in [1.29, 1.82) is 0 Å². The third-order valence-corrected chi connectivity index (χ3v) is 3.64. The molecule has 2 N–H and O–H groups in total. The molecule has 0 saturated heterocycles. The molecule has 0 aliphatic carbocycles. The van der Waals surface area contributed by atoms with Gasteiger partial charge in [-0.1, -0.05) is 32.0 Å². The third-order valence-electron chi connectivity index (χ3n) is 3.64. The zero-order valence-corrected chi connectivity index (χ0v) is 15.1. The first-order valence-electron chi connectivity index (χ1n) is 8.38. The van der Waals surface area contributed by atoms with Gasteiger partial charge in [-0.05, 0) is 56.9 Å². The molecule has 0 fully saturated rings. The Bertz CT molecular complexity index is 680. The van der Waals surface area contributed by atoms with E-state index in [0.717, 1.165) is 29.7 Å². The van der Waals surface area contributed by atoms with E-state index in [1.54, 1.807) is 12.1 Å². The fourth-order valence-electron chi connectivity index (χ4n) is 2.48. The Hall–Kier alpha value is -2.43. The molecule has 24 heavy (non-hydrogen) atoms. The molecule has 2 rings (SSSR count). The molecular weight excluding hydrogens is 300 g/mol. The van der Waals surface area contributed by atoms with E-state index in [1.165, 1.54) is 0 Å². The van der Waals surface area contributed by atoms with E-state index >= 15 is 0 Å². The molecule has 0 aliphatic heterocycles. The van der Waals surface area contributed by atoms with Crippen molar-refractivity contribution in [2.75, 3.05) is 10.6 Å². The predicted molar refractivity (Wildman–Crippen MR) is 98.6 cm³/mol. The molecule has 2 aromatic rings. The number of carbonyl (C=O) groups is 1. The molecule has 5 nitrogen and oxygen atoms in total. The number of para-hydroxylation sites is 1. The van der Waals surface area contributed by atoms with Crippen LogP contribution in [-0.4, -0.2) is 21.6 Å². The van der Waals surface area contributed by atoms with Crippen molar-refractivity contribution in [3.05, 3.63) is 47.2 Å². The highest BCUT2D eigenvalue weighted by atomic mass is 16.1. The predicted octanol–water partition coefficient (Wildman–Crippen LogP) is 4.06. The number of nitrogens with zero attached hydrogens (tertiary/aromatic N) is 2. The van der Waals surface area contributed by atoms with Crippen LogP contribution in [0.25, 0.3) is 0 Å². The highest BCUT2D eigenvalue weighted by molar-refractivity contribution is 6.03. The summed E-state index contributed by atoms with van der Waals surface area (Å²) in [6, 6.07) is 9.57. The minimum absolute atomic E-state index is 0.103. The molecule has 0 unspecified atom stereocenters.